The molecule has 0 aliphatic carbocycles. The highest BCUT2D eigenvalue weighted by Crippen LogP contribution is 2.24. The van der Waals surface area contributed by atoms with E-state index in [0.29, 0.717) is 19.6 Å². The topological polar surface area (TPSA) is 89.5 Å². The van der Waals surface area contributed by atoms with Gasteiger partial charge in [-0.2, -0.15) is 0 Å². The van der Waals surface area contributed by atoms with Crippen molar-refractivity contribution < 1.29 is 14.1 Å². The average Bonchev–Trinajstić information content (AvgIpc) is 2.46. The van der Waals surface area contributed by atoms with Crippen molar-refractivity contribution in [3.63, 3.8) is 0 Å². The molecule has 0 spiro atoms. The lowest BCUT2D eigenvalue weighted by Gasteiger charge is -2.32. The molecule has 6 nitrogen and oxygen atoms in total. The predicted octanol–water partition coefficient (Wildman–Crippen LogP) is 1.97. The Labute approximate surface area is 127 Å². The first-order valence-electron chi connectivity index (χ1n) is 6.46. The van der Waals surface area contributed by atoms with Gasteiger partial charge in [0.25, 0.3) is 11.6 Å². The lowest BCUT2D eigenvalue weighted by atomic mass is 9.97. The molecule has 1 atom stereocenters. The van der Waals surface area contributed by atoms with E-state index >= 15 is 0 Å². The first-order valence-corrected chi connectivity index (χ1v) is 6.46. The summed E-state index contributed by atoms with van der Waals surface area (Å²) in [6.45, 7) is 1.52. The lowest BCUT2D eigenvalue weighted by Crippen LogP contribution is -2.42. The number of nitrogens with zero attached hydrogens (tertiary/aromatic N) is 2. The Hall–Kier alpha value is -1.73. The quantitative estimate of drug-likeness (QED) is 0.681. The maximum Gasteiger partial charge on any atom is 0.285 e. The molecule has 0 aromatic heterocycles. The van der Waals surface area contributed by atoms with Gasteiger partial charge in [0, 0.05) is 13.1 Å². The van der Waals surface area contributed by atoms with E-state index in [9.17, 15) is 19.3 Å². The van der Waals surface area contributed by atoms with Crippen LogP contribution in [0.4, 0.5) is 10.1 Å². The molecule has 0 bridgehead atoms. The largest absolute Gasteiger partial charge is 0.338 e. The molecular weight excluding hydrogens is 301 g/mol. The Morgan fingerprint density at radius 2 is 2.24 bits per heavy atom. The molecule has 0 saturated carbocycles. The molecule has 1 aliphatic heterocycles. The zero-order valence-electron chi connectivity index (χ0n) is 11.3. The van der Waals surface area contributed by atoms with Crippen molar-refractivity contribution in [3.05, 3.63) is 39.7 Å². The number of halogens is 2. The van der Waals surface area contributed by atoms with Gasteiger partial charge in [-0.15, -0.1) is 12.4 Å². The van der Waals surface area contributed by atoms with E-state index in [2.05, 4.69) is 0 Å². The van der Waals surface area contributed by atoms with Crippen LogP contribution in [0.25, 0.3) is 0 Å². The Bertz CT molecular complexity index is 541. The number of piperidine rings is 1. The van der Waals surface area contributed by atoms with Crippen LogP contribution in [0.3, 0.4) is 0 Å². The molecule has 0 radical (unpaired) electrons. The van der Waals surface area contributed by atoms with E-state index in [4.69, 9.17) is 5.73 Å². The Morgan fingerprint density at radius 3 is 2.86 bits per heavy atom. The minimum atomic E-state index is -0.735. The minimum Gasteiger partial charge on any atom is -0.338 e. The van der Waals surface area contributed by atoms with E-state index in [1.807, 2.05) is 0 Å². The molecule has 21 heavy (non-hydrogen) atoms. The number of nitrogens with two attached hydrogens (primary N) is 1. The van der Waals surface area contributed by atoms with Crippen LogP contribution < -0.4 is 5.73 Å². The van der Waals surface area contributed by atoms with Gasteiger partial charge >= 0.3 is 0 Å². The van der Waals surface area contributed by atoms with Crippen molar-refractivity contribution in [1.82, 2.24) is 4.90 Å². The second-order valence-corrected chi connectivity index (χ2v) is 4.91. The molecule has 2 N–H and O–H groups in total. The summed E-state index contributed by atoms with van der Waals surface area (Å²) in [6.07, 6.45) is 1.77. The van der Waals surface area contributed by atoms with Gasteiger partial charge in [-0.25, -0.2) is 4.39 Å². The van der Waals surface area contributed by atoms with Crippen LogP contribution in [0.15, 0.2) is 18.2 Å². The summed E-state index contributed by atoms with van der Waals surface area (Å²) in [6, 6.07) is 3.00. The van der Waals surface area contributed by atoms with E-state index in [-0.39, 0.29) is 23.9 Å². The molecule has 2 rings (SSSR count). The first kappa shape index (κ1) is 17.3. The lowest BCUT2D eigenvalue weighted by molar-refractivity contribution is -0.385. The molecular formula is C13H17ClFN3O3. The first-order chi connectivity index (χ1) is 9.52. The third-order valence-electron chi connectivity index (χ3n) is 3.53. The van der Waals surface area contributed by atoms with E-state index in [0.717, 1.165) is 25.0 Å². The standard InChI is InChI=1S/C13H16FN3O3.ClH/c14-10-3-4-11(12(6-10)17(19)20)13(18)16-5-1-2-9(7-15)8-16;/h3-4,6,9H,1-2,5,7-8,15H2;1H. The molecule has 8 heteroatoms. The average molecular weight is 318 g/mol. The zero-order chi connectivity index (χ0) is 14.7. The van der Waals surface area contributed by atoms with Crippen molar-refractivity contribution in [2.45, 2.75) is 12.8 Å². The van der Waals surface area contributed by atoms with Crippen LogP contribution >= 0.6 is 12.4 Å². The van der Waals surface area contributed by atoms with Gasteiger partial charge < -0.3 is 10.6 Å². The normalized spacial score (nSPS) is 18.0. The number of nitro benzene ring substituents is 1. The van der Waals surface area contributed by atoms with Gasteiger partial charge in [0.05, 0.1) is 11.0 Å². The molecule has 1 aliphatic rings. The number of hydrogen-bond acceptors (Lipinski definition) is 4. The number of carbonyl (C=O) groups is 1. The van der Waals surface area contributed by atoms with Crippen LogP contribution in [-0.2, 0) is 0 Å². The predicted molar refractivity (Wildman–Crippen MR) is 78.0 cm³/mol. The van der Waals surface area contributed by atoms with Crippen molar-refractivity contribution in [1.29, 1.82) is 0 Å². The SMILES string of the molecule is Cl.NCC1CCCN(C(=O)c2ccc(F)cc2[N+](=O)[O-])C1. The van der Waals surface area contributed by atoms with Crippen molar-refractivity contribution in [3.8, 4) is 0 Å². The maximum atomic E-state index is 13.1. The number of likely N-dealkylation sites (tertiary alicyclic amines) is 1. The minimum absolute atomic E-state index is 0. The van der Waals surface area contributed by atoms with Gasteiger partial charge in [-0.3, -0.25) is 14.9 Å². The summed E-state index contributed by atoms with van der Waals surface area (Å²) >= 11 is 0. The van der Waals surface area contributed by atoms with E-state index in [1.165, 1.54) is 6.07 Å². The maximum absolute atomic E-state index is 13.1. The van der Waals surface area contributed by atoms with Crippen LogP contribution in [0.5, 0.6) is 0 Å². The highest BCUT2D eigenvalue weighted by atomic mass is 35.5. The molecule has 1 aromatic rings. The molecule has 116 valence electrons. The summed E-state index contributed by atoms with van der Waals surface area (Å²) in [5.74, 6) is -0.950. The number of rotatable bonds is 3. The molecule has 1 amide bonds. The van der Waals surface area contributed by atoms with E-state index in [1.54, 1.807) is 4.90 Å². The number of hydrogen-bond donors (Lipinski definition) is 1. The van der Waals surface area contributed by atoms with Crippen LogP contribution in [0.2, 0.25) is 0 Å². The highest BCUT2D eigenvalue weighted by molar-refractivity contribution is 5.98. The Kier molecular flexibility index (Phi) is 6.04. The smallest absolute Gasteiger partial charge is 0.285 e. The molecule has 1 fully saturated rings. The fraction of sp³-hybridized carbons (Fsp3) is 0.462. The molecule has 1 aromatic carbocycles. The summed E-state index contributed by atoms with van der Waals surface area (Å²) in [7, 11) is 0. The van der Waals surface area contributed by atoms with Gasteiger partial charge in [0.15, 0.2) is 0 Å². The van der Waals surface area contributed by atoms with Gasteiger partial charge in [-0.05, 0) is 37.4 Å². The molecule has 1 unspecified atom stereocenters. The van der Waals surface area contributed by atoms with Crippen molar-refractivity contribution >= 4 is 24.0 Å². The van der Waals surface area contributed by atoms with Crippen molar-refractivity contribution in [2.24, 2.45) is 11.7 Å². The molecule has 1 saturated heterocycles. The summed E-state index contributed by atoms with van der Waals surface area (Å²) in [4.78, 5) is 24.1. The Balaban J connectivity index is 0.00000220. The summed E-state index contributed by atoms with van der Waals surface area (Å²) in [5.41, 5.74) is 5.04. The summed E-state index contributed by atoms with van der Waals surface area (Å²) < 4.78 is 13.1. The van der Waals surface area contributed by atoms with Gasteiger partial charge in [-0.1, -0.05) is 0 Å². The number of amides is 1. The third kappa shape index (κ3) is 3.89. The second-order valence-electron chi connectivity index (χ2n) is 4.91. The molecule has 1 heterocycles. The second kappa shape index (κ2) is 7.33. The number of nitro groups is 1. The van der Waals surface area contributed by atoms with Crippen molar-refractivity contribution in [2.75, 3.05) is 19.6 Å². The van der Waals surface area contributed by atoms with Crippen LogP contribution in [0, 0.1) is 21.8 Å². The highest BCUT2D eigenvalue weighted by Gasteiger charge is 2.28. The third-order valence-corrected chi connectivity index (χ3v) is 3.53. The fourth-order valence-corrected chi connectivity index (χ4v) is 2.45. The van der Waals surface area contributed by atoms with Gasteiger partial charge in [0.1, 0.15) is 11.4 Å². The zero-order valence-corrected chi connectivity index (χ0v) is 12.1. The number of carbonyl (C=O) groups excluding carboxylic acids is 1. The van der Waals surface area contributed by atoms with Crippen LogP contribution in [0.1, 0.15) is 23.2 Å². The van der Waals surface area contributed by atoms with Crippen LogP contribution in [-0.4, -0.2) is 35.4 Å². The van der Waals surface area contributed by atoms with Gasteiger partial charge in [0.2, 0.25) is 0 Å². The summed E-state index contributed by atoms with van der Waals surface area (Å²) in [5, 5.41) is 10.9. The number of benzene rings is 1. The van der Waals surface area contributed by atoms with E-state index < -0.39 is 22.3 Å². The Morgan fingerprint density at radius 1 is 1.52 bits per heavy atom. The monoisotopic (exact) mass is 317 g/mol. The fourth-order valence-electron chi connectivity index (χ4n) is 2.45.